The van der Waals surface area contributed by atoms with E-state index in [0.717, 1.165) is 20.5 Å². The topological polar surface area (TPSA) is 75.3 Å². The average Bonchev–Trinajstić information content (AvgIpc) is 2.93. The number of halogens is 1. The van der Waals surface area contributed by atoms with Crippen LogP contribution in [0, 0.1) is 6.92 Å². The Labute approximate surface area is 234 Å². The van der Waals surface area contributed by atoms with E-state index in [-0.39, 0.29) is 17.4 Å². The molecule has 0 aliphatic rings. The van der Waals surface area contributed by atoms with Crippen molar-refractivity contribution < 1.29 is 14.4 Å². The summed E-state index contributed by atoms with van der Waals surface area (Å²) in [6.07, 6.45) is 1.63. The Hall–Kier alpha value is -3.94. The minimum atomic E-state index is -0.454. The molecule has 0 spiro atoms. The summed E-state index contributed by atoms with van der Waals surface area (Å²) in [5.74, 6) is -0.458. The van der Waals surface area contributed by atoms with Gasteiger partial charge in [0, 0.05) is 26.2 Å². The van der Waals surface area contributed by atoms with Crippen molar-refractivity contribution in [1.82, 2.24) is 5.32 Å². The molecule has 4 rings (SSSR count). The van der Waals surface area contributed by atoms with Crippen LogP contribution >= 0.6 is 27.7 Å². The number of anilines is 1. The minimum absolute atomic E-state index is 0.0591. The van der Waals surface area contributed by atoms with Crippen LogP contribution in [0.1, 0.15) is 31.8 Å². The van der Waals surface area contributed by atoms with Gasteiger partial charge in [-0.2, -0.15) is 0 Å². The summed E-state index contributed by atoms with van der Waals surface area (Å²) >= 11 is 4.87. The van der Waals surface area contributed by atoms with Gasteiger partial charge in [0.1, 0.15) is 5.70 Å². The predicted octanol–water partition coefficient (Wildman–Crippen LogP) is 7.14. The molecule has 0 unspecified atom stereocenters. The van der Waals surface area contributed by atoms with E-state index >= 15 is 0 Å². The van der Waals surface area contributed by atoms with Gasteiger partial charge in [-0.25, -0.2) is 0 Å². The lowest BCUT2D eigenvalue weighted by molar-refractivity contribution is -0.113. The number of ketones is 1. The van der Waals surface area contributed by atoms with Crippen molar-refractivity contribution in [2.45, 2.75) is 11.8 Å². The number of rotatable bonds is 9. The number of amides is 2. The molecule has 0 aliphatic carbocycles. The summed E-state index contributed by atoms with van der Waals surface area (Å²) in [4.78, 5) is 39.3. The van der Waals surface area contributed by atoms with E-state index < -0.39 is 5.91 Å². The van der Waals surface area contributed by atoms with Crippen LogP contribution in [-0.2, 0) is 4.79 Å². The van der Waals surface area contributed by atoms with Gasteiger partial charge in [-0.1, -0.05) is 76.1 Å². The summed E-state index contributed by atoms with van der Waals surface area (Å²) in [6, 6.07) is 30.9. The van der Waals surface area contributed by atoms with Crippen LogP contribution in [0.2, 0.25) is 0 Å². The first kappa shape index (κ1) is 27.1. The van der Waals surface area contributed by atoms with Crippen molar-refractivity contribution in [1.29, 1.82) is 0 Å². The smallest absolute Gasteiger partial charge is 0.272 e. The van der Waals surface area contributed by atoms with Gasteiger partial charge in [0.2, 0.25) is 0 Å². The third kappa shape index (κ3) is 7.78. The van der Waals surface area contributed by atoms with Crippen LogP contribution in [0.15, 0.2) is 118 Å². The maximum absolute atomic E-state index is 13.2. The van der Waals surface area contributed by atoms with Gasteiger partial charge in [-0.05, 0) is 67.1 Å². The highest BCUT2D eigenvalue weighted by Gasteiger charge is 2.15. The molecule has 0 radical (unpaired) electrons. The molecule has 2 N–H and O–H groups in total. The molecule has 0 saturated carbocycles. The number of carbonyl (C=O) groups excluding carboxylic acids is 3. The van der Waals surface area contributed by atoms with E-state index in [0.29, 0.717) is 22.6 Å². The zero-order valence-electron chi connectivity index (χ0n) is 20.6. The number of aryl methyl sites for hydroxylation is 1. The van der Waals surface area contributed by atoms with Crippen LogP contribution < -0.4 is 10.6 Å². The van der Waals surface area contributed by atoms with Crippen molar-refractivity contribution >= 4 is 57.1 Å². The van der Waals surface area contributed by atoms with Gasteiger partial charge in [-0.3, -0.25) is 14.4 Å². The summed E-state index contributed by atoms with van der Waals surface area (Å²) in [6.45, 7) is 1.99. The molecule has 7 heteroatoms. The highest BCUT2D eigenvalue weighted by molar-refractivity contribution is 9.10. The number of hydrogen-bond donors (Lipinski definition) is 2. The van der Waals surface area contributed by atoms with Crippen LogP contribution in [0.5, 0.6) is 0 Å². The number of hydrogen-bond acceptors (Lipinski definition) is 4. The normalized spacial score (nSPS) is 11.1. The van der Waals surface area contributed by atoms with Crippen LogP contribution in [-0.4, -0.2) is 23.4 Å². The molecular weight excluding hydrogens is 560 g/mol. The molecule has 38 heavy (non-hydrogen) atoms. The molecular formula is C31H25BrN2O3S. The van der Waals surface area contributed by atoms with Crippen molar-refractivity contribution in [3.05, 3.63) is 136 Å². The fourth-order valence-electron chi connectivity index (χ4n) is 3.51. The largest absolute Gasteiger partial charge is 0.321 e. The summed E-state index contributed by atoms with van der Waals surface area (Å²) < 4.78 is 0.856. The van der Waals surface area contributed by atoms with Gasteiger partial charge in [0.25, 0.3) is 11.8 Å². The molecule has 0 aliphatic heterocycles. The fraction of sp³-hybridized carbons (Fsp3) is 0.0645. The third-order valence-corrected chi connectivity index (χ3v) is 7.05. The standard InChI is InChI=1S/C31H25BrN2O3S/c1-21-10-12-23(13-11-21)29(35)20-38-27-16-14-26(15-17-27)33-31(37)28(19-22-6-5-9-25(32)18-22)34-30(36)24-7-3-2-4-8-24/h2-19H,20H2,1H3,(H,33,37)(H,34,36)/b28-19-. The zero-order valence-corrected chi connectivity index (χ0v) is 23.0. The zero-order chi connectivity index (χ0) is 26.9. The van der Waals surface area contributed by atoms with E-state index in [1.165, 1.54) is 11.8 Å². The van der Waals surface area contributed by atoms with Crippen molar-refractivity contribution in [3.8, 4) is 0 Å². The Balaban J connectivity index is 1.44. The molecule has 0 atom stereocenters. The molecule has 190 valence electrons. The van der Waals surface area contributed by atoms with E-state index in [2.05, 4.69) is 26.6 Å². The van der Waals surface area contributed by atoms with Crippen LogP contribution in [0.25, 0.3) is 6.08 Å². The highest BCUT2D eigenvalue weighted by Crippen LogP contribution is 2.22. The van der Waals surface area contributed by atoms with E-state index in [1.807, 2.05) is 73.7 Å². The maximum Gasteiger partial charge on any atom is 0.272 e. The second kappa shape index (κ2) is 13.0. The van der Waals surface area contributed by atoms with E-state index in [1.54, 1.807) is 42.5 Å². The SMILES string of the molecule is Cc1ccc(C(=O)CSc2ccc(NC(=O)/C(=C/c3cccc(Br)c3)NC(=O)c3ccccc3)cc2)cc1. The fourth-order valence-corrected chi connectivity index (χ4v) is 4.72. The molecule has 4 aromatic rings. The molecule has 0 bridgehead atoms. The molecule has 4 aromatic carbocycles. The van der Waals surface area contributed by atoms with E-state index in [4.69, 9.17) is 0 Å². The quantitative estimate of drug-likeness (QED) is 0.124. The summed E-state index contributed by atoms with van der Waals surface area (Å²) in [5.41, 5.74) is 3.68. The lowest BCUT2D eigenvalue weighted by atomic mass is 10.1. The molecule has 5 nitrogen and oxygen atoms in total. The minimum Gasteiger partial charge on any atom is -0.321 e. The van der Waals surface area contributed by atoms with Crippen molar-refractivity contribution in [2.24, 2.45) is 0 Å². The number of carbonyl (C=O) groups is 3. The van der Waals surface area contributed by atoms with E-state index in [9.17, 15) is 14.4 Å². The van der Waals surface area contributed by atoms with Crippen molar-refractivity contribution in [2.75, 3.05) is 11.1 Å². The van der Waals surface area contributed by atoms with Crippen LogP contribution in [0.3, 0.4) is 0 Å². The molecule has 0 saturated heterocycles. The number of Topliss-reactive ketones (excluding diaryl/α,β-unsaturated/α-hetero) is 1. The first-order valence-corrected chi connectivity index (χ1v) is 13.6. The van der Waals surface area contributed by atoms with Gasteiger partial charge < -0.3 is 10.6 Å². The number of thioether (sulfide) groups is 1. The number of nitrogens with one attached hydrogen (secondary N) is 2. The molecule has 2 amide bonds. The van der Waals surface area contributed by atoms with Gasteiger partial charge >= 0.3 is 0 Å². The Bertz CT molecular complexity index is 1470. The monoisotopic (exact) mass is 584 g/mol. The second-order valence-corrected chi connectivity index (χ2v) is 10.5. The van der Waals surface area contributed by atoms with Gasteiger partial charge in [0.15, 0.2) is 5.78 Å². The Morgan fingerprint density at radius 1 is 0.816 bits per heavy atom. The molecule has 0 heterocycles. The lowest BCUT2D eigenvalue weighted by Crippen LogP contribution is -2.30. The van der Waals surface area contributed by atoms with Crippen LogP contribution in [0.4, 0.5) is 5.69 Å². The Kier molecular flexibility index (Phi) is 9.30. The maximum atomic E-state index is 13.2. The Morgan fingerprint density at radius 3 is 2.21 bits per heavy atom. The second-order valence-electron chi connectivity index (χ2n) is 8.49. The first-order chi connectivity index (χ1) is 18.4. The van der Waals surface area contributed by atoms with Gasteiger partial charge in [-0.15, -0.1) is 11.8 Å². The Morgan fingerprint density at radius 2 is 1.53 bits per heavy atom. The average molecular weight is 586 g/mol. The first-order valence-electron chi connectivity index (χ1n) is 11.8. The summed E-state index contributed by atoms with van der Waals surface area (Å²) in [7, 11) is 0. The molecule has 0 fully saturated rings. The number of benzene rings is 4. The highest BCUT2D eigenvalue weighted by atomic mass is 79.9. The van der Waals surface area contributed by atoms with Gasteiger partial charge in [0.05, 0.1) is 5.75 Å². The van der Waals surface area contributed by atoms with Crippen molar-refractivity contribution in [3.63, 3.8) is 0 Å². The third-order valence-electron chi connectivity index (χ3n) is 5.54. The predicted molar refractivity (Wildman–Crippen MR) is 157 cm³/mol. The molecule has 0 aromatic heterocycles. The summed E-state index contributed by atoms with van der Waals surface area (Å²) in [5, 5.41) is 5.58. The lowest BCUT2D eigenvalue weighted by Gasteiger charge is -2.12.